The van der Waals surface area contributed by atoms with E-state index in [0.717, 1.165) is 16.9 Å². The molecule has 2 N–H and O–H groups in total. The number of benzene rings is 2. The summed E-state index contributed by atoms with van der Waals surface area (Å²) in [4.78, 5) is 26.9. The third-order valence-corrected chi connectivity index (χ3v) is 5.47. The smallest absolute Gasteiger partial charge is 0.322 e. The fourth-order valence-electron chi connectivity index (χ4n) is 3.40. The van der Waals surface area contributed by atoms with Crippen LogP contribution >= 0.6 is 0 Å². The Hall–Kier alpha value is -4.01. The first kappa shape index (κ1) is 25.6. The molecule has 9 nitrogen and oxygen atoms in total. The molecule has 0 saturated carbocycles. The Kier molecular flexibility index (Phi) is 7.68. The number of hydrogen-bond donors (Lipinski definition) is 2. The number of para-hydroxylation sites is 1. The highest BCUT2D eigenvalue weighted by Gasteiger charge is 2.23. The molecule has 9 heteroatoms. The maximum Gasteiger partial charge on any atom is 0.322 e. The maximum atomic E-state index is 12.9. The first-order valence-electron chi connectivity index (χ1n) is 11.2. The Morgan fingerprint density at radius 2 is 1.74 bits per heavy atom. The quantitative estimate of drug-likeness (QED) is 0.516. The molecule has 0 aliphatic carbocycles. The Labute approximate surface area is 206 Å². The van der Waals surface area contributed by atoms with Gasteiger partial charge in [0.2, 0.25) is 5.91 Å². The monoisotopic (exact) mass is 479 g/mol. The van der Waals surface area contributed by atoms with Crippen molar-refractivity contribution >= 4 is 23.4 Å². The zero-order chi connectivity index (χ0) is 25.8. The largest absolute Gasteiger partial charge is 0.497 e. The molecule has 1 heterocycles. The zero-order valence-corrected chi connectivity index (χ0v) is 21.3. The van der Waals surface area contributed by atoms with Crippen molar-refractivity contribution in [2.24, 2.45) is 0 Å². The van der Waals surface area contributed by atoms with Crippen LogP contribution < -0.4 is 20.1 Å². The van der Waals surface area contributed by atoms with Crippen molar-refractivity contribution in [3.05, 3.63) is 59.8 Å². The van der Waals surface area contributed by atoms with Gasteiger partial charge >= 0.3 is 6.03 Å². The fraction of sp³-hybridized carbons (Fsp3) is 0.346. The molecule has 35 heavy (non-hydrogen) atoms. The van der Waals surface area contributed by atoms with Crippen LogP contribution in [0.15, 0.2) is 48.5 Å². The third-order valence-electron chi connectivity index (χ3n) is 5.47. The minimum Gasteiger partial charge on any atom is -0.497 e. The summed E-state index contributed by atoms with van der Waals surface area (Å²) in [6, 6.07) is 14.3. The van der Waals surface area contributed by atoms with Crippen molar-refractivity contribution in [1.29, 1.82) is 0 Å². The Balaban J connectivity index is 1.75. The molecule has 0 spiro atoms. The summed E-state index contributed by atoms with van der Waals surface area (Å²) in [5, 5.41) is 10.4. The maximum absolute atomic E-state index is 12.9. The van der Waals surface area contributed by atoms with E-state index in [1.165, 1.54) is 12.0 Å². The minimum absolute atomic E-state index is 0.159. The van der Waals surface area contributed by atoms with Crippen LogP contribution in [-0.4, -0.2) is 54.4 Å². The summed E-state index contributed by atoms with van der Waals surface area (Å²) in [6.07, 6.45) is 0. The van der Waals surface area contributed by atoms with Crippen molar-refractivity contribution in [1.82, 2.24) is 14.7 Å². The van der Waals surface area contributed by atoms with Crippen LogP contribution in [0.2, 0.25) is 0 Å². The molecule has 0 radical (unpaired) electrons. The van der Waals surface area contributed by atoms with Crippen LogP contribution in [-0.2, 0) is 10.2 Å². The number of amides is 3. The second-order valence-electron chi connectivity index (χ2n) is 9.26. The molecule has 0 atom stereocenters. The van der Waals surface area contributed by atoms with Gasteiger partial charge in [0.1, 0.15) is 23.9 Å². The van der Waals surface area contributed by atoms with Crippen molar-refractivity contribution in [2.45, 2.75) is 33.1 Å². The molecule has 0 fully saturated rings. The van der Waals surface area contributed by atoms with Gasteiger partial charge in [-0.2, -0.15) is 5.10 Å². The summed E-state index contributed by atoms with van der Waals surface area (Å²) < 4.78 is 12.2. The van der Waals surface area contributed by atoms with E-state index in [-0.39, 0.29) is 17.9 Å². The van der Waals surface area contributed by atoms with Gasteiger partial charge in [0.05, 0.1) is 31.3 Å². The van der Waals surface area contributed by atoms with E-state index in [2.05, 4.69) is 31.4 Å². The molecular formula is C26H33N5O4. The van der Waals surface area contributed by atoms with Gasteiger partial charge in [0, 0.05) is 24.6 Å². The number of nitrogens with zero attached hydrogens (tertiary/aromatic N) is 3. The van der Waals surface area contributed by atoms with Gasteiger partial charge in [-0.05, 0) is 30.7 Å². The summed E-state index contributed by atoms with van der Waals surface area (Å²) in [5.41, 5.74) is 3.00. The molecule has 3 rings (SSSR count). The molecule has 3 aromatic rings. The van der Waals surface area contributed by atoms with Gasteiger partial charge in [0.25, 0.3) is 0 Å². The number of rotatable bonds is 7. The standard InChI is InChI=1S/C26H33N5O4/c1-17-10-8-9-11-20(17)31-23(15-22(29-31)26(2,3)4)28-24(32)16-30(5)25(33)27-19-13-12-18(34-6)14-21(19)35-7/h8-15H,16H2,1-7H3,(H,27,33)(H,28,32). The van der Waals surface area contributed by atoms with Gasteiger partial charge in [-0.1, -0.05) is 39.0 Å². The van der Waals surface area contributed by atoms with Gasteiger partial charge in [-0.3, -0.25) is 4.79 Å². The molecule has 0 bridgehead atoms. The second kappa shape index (κ2) is 10.5. The van der Waals surface area contributed by atoms with Crippen LogP contribution in [0.25, 0.3) is 5.69 Å². The highest BCUT2D eigenvalue weighted by Crippen LogP contribution is 2.29. The number of methoxy groups -OCH3 is 2. The van der Waals surface area contributed by atoms with E-state index < -0.39 is 6.03 Å². The zero-order valence-electron chi connectivity index (χ0n) is 21.3. The molecular weight excluding hydrogens is 446 g/mol. The van der Waals surface area contributed by atoms with Crippen molar-refractivity contribution in [3.8, 4) is 17.2 Å². The number of hydrogen-bond acceptors (Lipinski definition) is 5. The lowest BCUT2D eigenvalue weighted by molar-refractivity contribution is -0.116. The lowest BCUT2D eigenvalue weighted by Gasteiger charge is -2.19. The van der Waals surface area contributed by atoms with E-state index in [4.69, 9.17) is 14.6 Å². The summed E-state index contributed by atoms with van der Waals surface area (Å²) >= 11 is 0. The number of urea groups is 1. The minimum atomic E-state index is -0.452. The van der Waals surface area contributed by atoms with Crippen LogP contribution in [0.3, 0.4) is 0 Å². The number of carbonyl (C=O) groups excluding carboxylic acids is 2. The number of likely N-dealkylation sites (N-methyl/N-ethyl adjacent to an activating group) is 1. The first-order valence-corrected chi connectivity index (χ1v) is 11.2. The Morgan fingerprint density at radius 1 is 1.03 bits per heavy atom. The topological polar surface area (TPSA) is 97.7 Å². The highest BCUT2D eigenvalue weighted by atomic mass is 16.5. The van der Waals surface area contributed by atoms with Crippen molar-refractivity contribution in [3.63, 3.8) is 0 Å². The number of aryl methyl sites for hydroxylation is 1. The number of nitrogens with one attached hydrogen (secondary N) is 2. The SMILES string of the molecule is COc1ccc(NC(=O)N(C)CC(=O)Nc2cc(C(C)(C)C)nn2-c2ccccc2C)c(OC)c1. The van der Waals surface area contributed by atoms with Gasteiger partial charge in [-0.15, -0.1) is 0 Å². The number of ether oxygens (including phenoxy) is 2. The molecule has 0 unspecified atom stereocenters. The van der Waals surface area contributed by atoms with E-state index in [9.17, 15) is 9.59 Å². The second-order valence-corrected chi connectivity index (χ2v) is 9.26. The third kappa shape index (κ3) is 6.11. The van der Waals surface area contributed by atoms with Gasteiger partial charge < -0.3 is 25.0 Å². The number of aromatic nitrogens is 2. The highest BCUT2D eigenvalue weighted by molar-refractivity contribution is 5.97. The molecule has 2 aromatic carbocycles. The number of anilines is 2. The van der Waals surface area contributed by atoms with Crippen molar-refractivity contribution in [2.75, 3.05) is 38.4 Å². The molecule has 0 saturated heterocycles. The fourth-order valence-corrected chi connectivity index (χ4v) is 3.40. The first-order chi connectivity index (χ1) is 16.5. The predicted molar refractivity (Wildman–Crippen MR) is 137 cm³/mol. The average molecular weight is 480 g/mol. The molecule has 186 valence electrons. The Morgan fingerprint density at radius 3 is 2.37 bits per heavy atom. The van der Waals surface area contributed by atoms with Gasteiger partial charge in [0.15, 0.2) is 0 Å². The van der Waals surface area contributed by atoms with Crippen LogP contribution in [0, 0.1) is 6.92 Å². The number of carbonyl (C=O) groups is 2. The summed E-state index contributed by atoms with van der Waals surface area (Å²) in [5.74, 6) is 1.25. The molecule has 1 aromatic heterocycles. The predicted octanol–water partition coefficient (Wildman–Crippen LogP) is 4.60. The van der Waals surface area contributed by atoms with E-state index in [0.29, 0.717) is 23.0 Å². The van der Waals surface area contributed by atoms with E-state index in [1.54, 1.807) is 37.0 Å². The van der Waals surface area contributed by atoms with Crippen molar-refractivity contribution < 1.29 is 19.1 Å². The normalized spacial score (nSPS) is 11.1. The van der Waals surface area contributed by atoms with Crippen LogP contribution in [0.1, 0.15) is 32.0 Å². The molecule has 3 amide bonds. The van der Waals surface area contributed by atoms with Crippen LogP contribution in [0.4, 0.5) is 16.3 Å². The van der Waals surface area contributed by atoms with E-state index >= 15 is 0 Å². The lowest BCUT2D eigenvalue weighted by Crippen LogP contribution is -2.38. The molecule has 0 aliphatic rings. The average Bonchev–Trinajstić information content (AvgIpc) is 3.23. The Bertz CT molecular complexity index is 1210. The lowest BCUT2D eigenvalue weighted by atomic mass is 9.92. The summed E-state index contributed by atoms with van der Waals surface area (Å²) in [6.45, 7) is 8.02. The van der Waals surface area contributed by atoms with E-state index in [1.807, 2.05) is 37.3 Å². The van der Waals surface area contributed by atoms with Crippen LogP contribution in [0.5, 0.6) is 11.5 Å². The molecule has 0 aliphatic heterocycles. The summed E-state index contributed by atoms with van der Waals surface area (Å²) in [7, 11) is 4.60. The van der Waals surface area contributed by atoms with Gasteiger partial charge in [-0.25, -0.2) is 9.48 Å².